The topological polar surface area (TPSA) is 19.4 Å². The minimum absolute atomic E-state index is 0. The van der Waals surface area contributed by atoms with Gasteiger partial charge in [-0.3, -0.25) is 0 Å². The van der Waals surface area contributed by atoms with Crippen LogP contribution in [-0.2, 0) is 6.18 Å². The average molecular weight is 401 g/mol. The smallest absolute Gasteiger partial charge is 0.354 e. The maximum absolute atomic E-state index is 12.9. The van der Waals surface area contributed by atoms with Gasteiger partial charge in [-0.2, -0.15) is 13.2 Å². The van der Waals surface area contributed by atoms with Crippen molar-refractivity contribution in [3.8, 4) is 11.3 Å². The van der Waals surface area contributed by atoms with Crippen LogP contribution >= 0.6 is 0 Å². The van der Waals surface area contributed by atoms with Crippen LogP contribution in [0.25, 0.3) is 22.0 Å². The minimum atomic E-state index is -4.33. The third-order valence-electron chi connectivity index (χ3n) is 5.35. The summed E-state index contributed by atoms with van der Waals surface area (Å²) in [6.45, 7) is 6.94. The normalized spacial score (nSPS) is 15.4. The lowest BCUT2D eigenvalue weighted by atomic mass is 10.0. The van der Waals surface area contributed by atoms with E-state index >= 15 is 0 Å². The fourth-order valence-electron chi connectivity index (χ4n) is 3.68. The van der Waals surface area contributed by atoms with Gasteiger partial charge in [-0.15, -0.1) is 0 Å². The van der Waals surface area contributed by atoms with Gasteiger partial charge in [0, 0.05) is 37.1 Å². The first-order valence-electron chi connectivity index (χ1n) is 9.50. The van der Waals surface area contributed by atoms with Gasteiger partial charge in [0.15, 0.2) is 0 Å². The molecule has 0 radical (unpaired) electrons. The van der Waals surface area contributed by atoms with Gasteiger partial charge in [0.05, 0.1) is 11.3 Å². The second-order valence-corrected chi connectivity index (χ2v) is 7.05. The summed E-state index contributed by atoms with van der Waals surface area (Å²) in [4.78, 5) is 9.54. The summed E-state index contributed by atoms with van der Waals surface area (Å²) >= 11 is 0. The van der Waals surface area contributed by atoms with Crippen molar-refractivity contribution in [1.82, 2.24) is 9.88 Å². The summed E-state index contributed by atoms with van der Waals surface area (Å²) in [6.07, 6.45) is -4.33. The largest absolute Gasteiger partial charge is 0.416 e. The molecule has 29 heavy (non-hydrogen) atoms. The fraction of sp³-hybridized carbons (Fsp3) is 0.348. The number of likely N-dealkylation sites (N-methyl/N-ethyl adjacent to an activating group) is 1. The number of alkyl halides is 3. The second-order valence-electron chi connectivity index (χ2n) is 7.05. The molecule has 0 bridgehead atoms. The lowest BCUT2D eigenvalue weighted by Gasteiger charge is -2.35. The van der Waals surface area contributed by atoms with Crippen molar-refractivity contribution in [1.29, 1.82) is 0 Å². The van der Waals surface area contributed by atoms with Gasteiger partial charge in [-0.1, -0.05) is 50.7 Å². The Morgan fingerprint density at radius 3 is 2.21 bits per heavy atom. The van der Waals surface area contributed by atoms with E-state index in [9.17, 15) is 13.2 Å². The maximum Gasteiger partial charge on any atom is 0.416 e. The lowest BCUT2D eigenvalue weighted by molar-refractivity contribution is -0.137. The molecule has 0 saturated carbocycles. The van der Waals surface area contributed by atoms with Crippen LogP contribution in [0.15, 0.2) is 54.6 Å². The Kier molecular flexibility index (Phi) is 6.13. The van der Waals surface area contributed by atoms with E-state index in [4.69, 9.17) is 4.98 Å². The predicted molar refractivity (Wildman–Crippen MR) is 113 cm³/mol. The average Bonchev–Trinajstić information content (AvgIpc) is 2.72. The van der Waals surface area contributed by atoms with Crippen LogP contribution in [0.3, 0.4) is 0 Å². The molecule has 4 rings (SSSR count). The highest BCUT2D eigenvalue weighted by atomic mass is 19.4. The summed E-state index contributed by atoms with van der Waals surface area (Å²) in [7, 11) is 0. The number of hydrogen-bond donors (Lipinski definition) is 0. The Bertz CT molecular complexity index is 959. The maximum atomic E-state index is 12.9. The molecular weight excluding hydrogens is 375 g/mol. The highest BCUT2D eigenvalue weighted by Crippen LogP contribution is 2.33. The highest BCUT2D eigenvalue weighted by Gasteiger charge is 2.30. The van der Waals surface area contributed by atoms with Crippen molar-refractivity contribution in [2.45, 2.75) is 20.5 Å². The Labute approximate surface area is 169 Å². The van der Waals surface area contributed by atoms with Gasteiger partial charge in [-0.25, -0.2) is 4.98 Å². The first-order valence-corrected chi connectivity index (χ1v) is 9.50. The molecule has 0 N–H and O–H groups in total. The van der Waals surface area contributed by atoms with Crippen molar-refractivity contribution in [3.05, 3.63) is 60.2 Å². The number of pyridine rings is 1. The molecule has 1 fully saturated rings. The molecule has 1 aliphatic rings. The molecule has 1 aromatic heterocycles. The Balaban J connectivity index is 0.00000240. The van der Waals surface area contributed by atoms with Gasteiger partial charge in [0.2, 0.25) is 0 Å². The van der Waals surface area contributed by atoms with E-state index in [2.05, 4.69) is 22.8 Å². The number of hydrogen-bond acceptors (Lipinski definition) is 3. The summed E-state index contributed by atoms with van der Waals surface area (Å²) in [5.41, 5.74) is 0.737. The molecule has 1 aliphatic heterocycles. The van der Waals surface area contributed by atoms with Crippen LogP contribution in [0.4, 0.5) is 19.0 Å². The standard InChI is InChI=1S/C22H22F3N3.CH4/c1-2-27-11-13-28(14-12-27)21-19-6-4-3-5-17(19)15-20(26-21)16-7-9-18(10-8-16)22(23,24)25;/h3-10,15H,2,11-14H2,1H3;1H4. The van der Waals surface area contributed by atoms with Crippen molar-refractivity contribution >= 4 is 16.6 Å². The van der Waals surface area contributed by atoms with E-state index in [1.807, 2.05) is 24.3 Å². The molecule has 3 nitrogen and oxygen atoms in total. The summed E-state index contributed by atoms with van der Waals surface area (Å²) < 4.78 is 38.6. The molecule has 154 valence electrons. The van der Waals surface area contributed by atoms with Gasteiger partial charge in [-0.05, 0) is 30.1 Å². The van der Waals surface area contributed by atoms with Crippen LogP contribution in [0.5, 0.6) is 0 Å². The number of anilines is 1. The first-order chi connectivity index (χ1) is 13.5. The number of aromatic nitrogens is 1. The predicted octanol–water partition coefficient (Wildman–Crippen LogP) is 5.70. The number of fused-ring (bicyclic) bond motifs is 1. The van der Waals surface area contributed by atoms with E-state index in [0.29, 0.717) is 11.3 Å². The number of rotatable bonds is 3. The molecule has 1 saturated heterocycles. The SMILES string of the molecule is C.CCN1CCN(c2nc(-c3ccc(C(F)(F)F)cc3)cc3ccccc23)CC1. The molecule has 2 aromatic carbocycles. The van der Waals surface area contributed by atoms with Gasteiger partial charge >= 0.3 is 6.18 Å². The second kappa shape index (κ2) is 8.41. The Morgan fingerprint density at radius 2 is 1.59 bits per heavy atom. The zero-order valence-electron chi connectivity index (χ0n) is 15.7. The number of piperazine rings is 1. The van der Waals surface area contributed by atoms with E-state index in [-0.39, 0.29) is 7.43 Å². The van der Waals surface area contributed by atoms with E-state index in [0.717, 1.165) is 61.4 Å². The fourth-order valence-corrected chi connectivity index (χ4v) is 3.68. The van der Waals surface area contributed by atoms with Crippen LogP contribution in [0.2, 0.25) is 0 Å². The van der Waals surface area contributed by atoms with Gasteiger partial charge < -0.3 is 9.80 Å². The lowest BCUT2D eigenvalue weighted by Crippen LogP contribution is -2.46. The molecule has 2 heterocycles. The quantitative estimate of drug-likeness (QED) is 0.561. The molecule has 0 amide bonds. The monoisotopic (exact) mass is 401 g/mol. The van der Waals surface area contributed by atoms with Gasteiger partial charge in [0.25, 0.3) is 0 Å². The van der Waals surface area contributed by atoms with Crippen molar-refractivity contribution in [2.75, 3.05) is 37.6 Å². The van der Waals surface area contributed by atoms with Crippen LogP contribution in [0, 0.1) is 0 Å². The molecule has 0 aliphatic carbocycles. The highest BCUT2D eigenvalue weighted by molar-refractivity contribution is 5.95. The molecule has 0 unspecified atom stereocenters. The third-order valence-corrected chi connectivity index (χ3v) is 5.35. The molecule has 0 atom stereocenters. The molecular formula is C23H26F3N3. The third kappa shape index (κ3) is 4.37. The summed E-state index contributed by atoms with van der Waals surface area (Å²) in [5.74, 6) is 0.906. The van der Waals surface area contributed by atoms with E-state index in [1.165, 1.54) is 12.1 Å². The molecule has 6 heteroatoms. The van der Waals surface area contributed by atoms with Crippen molar-refractivity contribution < 1.29 is 13.2 Å². The Hall–Kier alpha value is -2.60. The zero-order valence-corrected chi connectivity index (χ0v) is 15.7. The minimum Gasteiger partial charge on any atom is -0.354 e. The number of nitrogens with zero attached hydrogens (tertiary/aromatic N) is 3. The number of benzene rings is 2. The summed E-state index contributed by atoms with van der Waals surface area (Å²) in [6, 6.07) is 15.2. The van der Waals surface area contributed by atoms with Crippen LogP contribution < -0.4 is 4.90 Å². The zero-order chi connectivity index (χ0) is 19.7. The van der Waals surface area contributed by atoms with Crippen molar-refractivity contribution in [2.24, 2.45) is 0 Å². The van der Waals surface area contributed by atoms with E-state index < -0.39 is 11.7 Å². The molecule has 3 aromatic rings. The van der Waals surface area contributed by atoms with Gasteiger partial charge in [0.1, 0.15) is 5.82 Å². The van der Waals surface area contributed by atoms with Crippen LogP contribution in [0.1, 0.15) is 19.9 Å². The van der Waals surface area contributed by atoms with Crippen molar-refractivity contribution in [3.63, 3.8) is 0 Å². The Morgan fingerprint density at radius 1 is 0.931 bits per heavy atom. The molecule has 0 spiro atoms. The van der Waals surface area contributed by atoms with Crippen LogP contribution in [-0.4, -0.2) is 42.6 Å². The number of halogens is 3. The van der Waals surface area contributed by atoms with E-state index in [1.54, 1.807) is 0 Å². The first kappa shape index (κ1) is 21.1. The summed E-state index contributed by atoms with van der Waals surface area (Å²) in [5, 5.41) is 2.11.